The van der Waals surface area contributed by atoms with Crippen LogP contribution in [0.1, 0.15) is 10.4 Å². The summed E-state index contributed by atoms with van der Waals surface area (Å²) in [5.41, 5.74) is 1.93. The topological polar surface area (TPSA) is 56.7 Å². The Kier molecular flexibility index (Phi) is 3.43. The monoisotopic (exact) mass is 303 g/mol. The van der Waals surface area contributed by atoms with Gasteiger partial charge in [0.1, 0.15) is 10.9 Å². The van der Waals surface area contributed by atoms with Crippen molar-refractivity contribution in [3.63, 3.8) is 0 Å². The molecule has 0 fully saturated rings. The number of phenolic OH excluding ortho intramolecular Hbond substituents is 1. The van der Waals surface area contributed by atoms with Crippen molar-refractivity contribution < 1.29 is 9.90 Å². The first-order valence-electron chi connectivity index (χ1n) is 6.54. The molecule has 0 unspecified atom stereocenters. The Bertz CT molecular complexity index is 705. The van der Waals surface area contributed by atoms with Crippen LogP contribution in [0.15, 0.2) is 36.5 Å². The number of hydrogen-bond acceptors (Lipinski definition) is 4. The third-order valence-electron chi connectivity index (χ3n) is 3.54. The fraction of sp³-hybridized carbons (Fsp3) is 0.200. The molecule has 0 saturated carbocycles. The molecule has 1 aliphatic heterocycles. The first-order valence-corrected chi connectivity index (χ1v) is 6.91. The summed E-state index contributed by atoms with van der Waals surface area (Å²) in [6.07, 6.45) is 1.50. The number of phenols is 1. The van der Waals surface area contributed by atoms with Crippen molar-refractivity contribution in [1.29, 1.82) is 0 Å². The van der Waals surface area contributed by atoms with E-state index < -0.39 is 0 Å². The molecule has 1 aliphatic rings. The van der Waals surface area contributed by atoms with Crippen LogP contribution >= 0.6 is 11.6 Å². The van der Waals surface area contributed by atoms with Crippen LogP contribution in [0.3, 0.4) is 0 Å². The summed E-state index contributed by atoms with van der Waals surface area (Å²) in [7, 11) is 1.91. The first kappa shape index (κ1) is 13.7. The Morgan fingerprint density at radius 3 is 2.86 bits per heavy atom. The highest BCUT2D eigenvalue weighted by molar-refractivity contribution is 6.30. The van der Waals surface area contributed by atoms with E-state index in [-0.39, 0.29) is 11.7 Å². The predicted molar refractivity (Wildman–Crippen MR) is 82.3 cm³/mol. The lowest BCUT2D eigenvalue weighted by Crippen LogP contribution is -2.33. The summed E-state index contributed by atoms with van der Waals surface area (Å²) >= 11 is 5.92. The largest absolute Gasteiger partial charge is 0.508 e. The van der Waals surface area contributed by atoms with Gasteiger partial charge in [-0.05, 0) is 18.2 Å². The third-order valence-corrected chi connectivity index (χ3v) is 3.74. The molecular weight excluding hydrogens is 290 g/mol. The molecule has 6 heteroatoms. The molecule has 0 bridgehead atoms. The van der Waals surface area contributed by atoms with Crippen molar-refractivity contribution in [2.45, 2.75) is 0 Å². The van der Waals surface area contributed by atoms with E-state index in [9.17, 15) is 9.90 Å². The summed E-state index contributed by atoms with van der Waals surface area (Å²) in [4.78, 5) is 20.4. The van der Waals surface area contributed by atoms with Crippen molar-refractivity contribution in [3.05, 3.63) is 47.2 Å². The maximum absolute atomic E-state index is 12.7. The van der Waals surface area contributed by atoms with Crippen molar-refractivity contribution in [3.8, 4) is 5.75 Å². The highest BCUT2D eigenvalue weighted by Gasteiger charge is 2.26. The van der Waals surface area contributed by atoms with Gasteiger partial charge in [0.2, 0.25) is 0 Å². The number of nitrogens with zero attached hydrogens (tertiary/aromatic N) is 3. The maximum Gasteiger partial charge on any atom is 0.262 e. The van der Waals surface area contributed by atoms with E-state index in [4.69, 9.17) is 11.6 Å². The number of anilines is 2. The first-order chi connectivity index (χ1) is 10.1. The lowest BCUT2D eigenvalue weighted by Gasteiger charge is -2.21. The van der Waals surface area contributed by atoms with Crippen LogP contribution in [-0.4, -0.2) is 36.1 Å². The van der Waals surface area contributed by atoms with E-state index in [0.717, 1.165) is 5.69 Å². The van der Waals surface area contributed by atoms with Gasteiger partial charge >= 0.3 is 0 Å². The molecule has 21 heavy (non-hydrogen) atoms. The van der Waals surface area contributed by atoms with Gasteiger partial charge in [-0.15, -0.1) is 0 Å². The molecule has 0 spiro atoms. The number of amides is 1. The number of carbonyl (C=O) groups is 1. The van der Waals surface area contributed by atoms with Crippen molar-refractivity contribution >= 4 is 28.9 Å². The van der Waals surface area contributed by atoms with Gasteiger partial charge in [-0.2, -0.15) is 0 Å². The Balaban J connectivity index is 2.07. The van der Waals surface area contributed by atoms with E-state index in [1.807, 2.05) is 11.9 Å². The average Bonchev–Trinajstić information content (AvgIpc) is 2.57. The number of rotatable bonds is 1. The van der Waals surface area contributed by atoms with Gasteiger partial charge in [0.05, 0.1) is 11.3 Å². The number of carbonyl (C=O) groups excluding carboxylic acids is 1. The van der Waals surface area contributed by atoms with Crippen LogP contribution in [0, 0.1) is 0 Å². The van der Waals surface area contributed by atoms with Gasteiger partial charge in [-0.25, -0.2) is 4.98 Å². The Hall–Kier alpha value is -2.27. The predicted octanol–water partition coefficient (Wildman–Crippen LogP) is 2.54. The molecule has 0 radical (unpaired) electrons. The normalized spacial score (nSPS) is 14.9. The highest BCUT2D eigenvalue weighted by Crippen LogP contribution is 2.29. The molecule has 0 atom stereocenters. The average molecular weight is 304 g/mol. The summed E-state index contributed by atoms with van der Waals surface area (Å²) in [5, 5.41) is 9.97. The molecular formula is C15H14ClN3O2. The zero-order valence-electron chi connectivity index (χ0n) is 11.5. The summed E-state index contributed by atoms with van der Waals surface area (Å²) < 4.78 is 0. The number of aromatic nitrogens is 1. The molecule has 108 valence electrons. The second-order valence-corrected chi connectivity index (χ2v) is 5.31. The van der Waals surface area contributed by atoms with Crippen LogP contribution < -0.4 is 9.80 Å². The lowest BCUT2D eigenvalue weighted by molar-refractivity contribution is 0.0990. The molecule has 2 aromatic rings. The molecule has 1 aromatic heterocycles. The van der Waals surface area contributed by atoms with Gasteiger partial charge in [0.15, 0.2) is 0 Å². The zero-order valence-corrected chi connectivity index (χ0v) is 12.2. The van der Waals surface area contributed by atoms with Gasteiger partial charge in [-0.1, -0.05) is 17.7 Å². The Morgan fingerprint density at radius 2 is 2.10 bits per heavy atom. The SMILES string of the molecule is CN1CCN(c2cccc(O)c2)C(=O)c2cnc(Cl)cc21. The van der Waals surface area contributed by atoms with Gasteiger partial charge in [-0.3, -0.25) is 4.79 Å². The molecule has 2 heterocycles. The summed E-state index contributed by atoms with van der Waals surface area (Å²) in [6.45, 7) is 1.18. The Morgan fingerprint density at radius 1 is 1.29 bits per heavy atom. The zero-order chi connectivity index (χ0) is 15.0. The lowest BCUT2D eigenvalue weighted by atomic mass is 10.2. The molecule has 0 aliphatic carbocycles. The number of fused-ring (bicyclic) bond motifs is 1. The van der Waals surface area contributed by atoms with Gasteiger partial charge < -0.3 is 14.9 Å². The fourth-order valence-corrected chi connectivity index (χ4v) is 2.58. The van der Waals surface area contributed by atoms with Crippen LogP contribution in [-0.2, 0) is 0 Å². The van der Waals surface area contributed by atoms with Gasteiger partial charge in [0.25, 0.3) is 5.91 Å². The molecule has 1 N–H and O–H groups in total. The highest BCUT2D eigenvalue weighted by atomic mass is 35.5. The summed E-state index contributed by atoms with van der Waals surface area (Å²) in [5.74, 6) is -0.0172. The number of likely N-dealkylation sites (N-methyl/N-ethyl adjacent to an activating group) is 1. The van der Waals surface area contributed by atoms with Crippen LogP contribution in [0.5, 0.6) is 5.75 Å². The van der Waals surface area contributed by atoms with Crippen molar-refractivity contribution in [2.75, 3.05) is 29.9 Å². The molecule has 1 aromatic carbocycles. The van der Waals surface area contributed by atoms with E-state index in [1.54, 1.807) is 35.2 Å². The number of hydrogen-bond donors (Lipinski definition) is 1. The minimum absolute atomic E-state index is 0.132. The van der Waals surface area contributed by atoms with E-state index in [1.165, 1.54) is 6.20 Å². The van der Waals surface area contributed by atoms with E-state index in [0.29, 0.717) is 29.5 Å². The molecule has 1 amide bonds. The van der Waals surface area contributed by atoms with E-state index >= 15 is 0 Å². The molecule has 3 rings (SSSR count). The van der Waals surface area contributed by atoms with Crippen LogP contribution in [0.4, 0.5) is 11.4 Å². The fourth-order valence-electron chi connectivity index (χ4n) is 2.43. The van der Waals surface area contributed by atoms with Crippen molar-refractivity contribution in [2.24, 2.45) is 0 Å². The number of aromatic hydroxyl groups is 1. The van der Waals surface area contributed by atoms with Gasteiger partial charge in [0, 0.05) is 38.1 Å². The minimum atomic E-state index is -0.149. The minimum Gasteiger partial charge on any atom is -0.508 e. The number of pyridine rings is 1. The second-order valence-electron chi connectivity index (χ2n) is 4.92. The Labute approximate surface area is 127 Å². The third kappa shape index (κ3) is 2.52. The standard InChI is InChI=1S/C15H14ClN3O2/c1-18-5-6-19(10-3-2-4-11(20)7-10)15(21)12-9-17-14(16)8-13(12)18/h2-4,7-9,20H,5-6H2,1H3. The quantitative estimate of drug-likeness (QED) is 0.823. The van der Waals surface area contributed by atoms with Crippen LogP contribution in [0.2, 0.25) is 5.15 Å². The van der Waals surface area contributed by atoms with Crippen LogP contribution in [0.25, 0.3) is 0 Å². The molecule has 0 saturated heterocycles. The maximum atomic E-state index is 12.7. The number of halogens is 1. The number of benzene rings is 1. The summed E-state index contributed by atoms with van der Waals surface area (Å²) in [6, 6.07) is 8.36. The smallest absolute Gasteiger partial charge is 0.262 e. The van der Waals surface area contributed by atoms with E-state index in [2.05, 4.69) is 4.98 Å². The second kappa shape index (κ2) is 5.26. The molecule has 5 nitrogen and oxygen atoms in total. The van der Waals surface area contributed by atoms with Crippen molar-refractivity contribution in [1.82, 2.24) is 4.98 Å².